The lowest BCUT2D eigenvalue weighted by molar-refractivity contribution is -0.127. The monoisotopic (exact) mass is 489 g/mol. The van der Waals surface area contributed by atoms with Gasteiger partial charge in [0.25, 0.3) is 0 Å². The fraction of sp³-hybridized carbons (Fsp3) is 0.579. The number of benzene rings is 1. The number of hydrogen-bond donors (Lipinski definition) is 1. The van der Waals surface area contributed by atoms with Gasteiger partial charge in [-0.3, -0.25) is 9.69 Å². The molecule has 1 amide bonds. The molecule has 1 aromatic carbocycles. The highest BCUT2D eigenvalue weighted by Crippen LogP contribution is 2.08. The van der Waals surface area contributed by atoms with Gasteiger partial charge in [-0.05, 0) is 5.56 Å². The van der Waals surface area contributed by atoms with Crippen molar-refractivity contribution >= 4 is 35.8 Å². The molecule has 0 aromatic heterocycles. The average molecular weight is 489 g/mol. The Bertz CT molecular complexity index is 575. The van der Waals surface area contributed by atoms with Crippen molar-refractivity contribution in [2.24, 2.45) is 4.99 Å². The number of methoxy groups -OCH3 is 1. The van der Waals surface area contributed by atoms with Crippen molar-refractivity contribution in [3.8, 4) is 0 Å². The molecule has 0 saturated carbocycles. The second kappa shape index (κ2) is 12.9. The normalized spacial score (nSPS) is 15.2. The Morgan fingerprint density at radius 2 is 1.85 bits per heavy atom. The van der Waals surface area contributed by atoms with Gasteiger partial charge in [-0.1, -0.05) is 30.3 Å². The summed E-state index contributed by atoms with van der Waals surface area (Å²) in [7, 11) is 5.17. The number of aliphatic imine (C=N–C) groups is 1. The second-order valence-electron chi connectivity index (χ2n) is 6.60. The van der Waals surface area contributed by atoms with Crippen LogP contribution in [0.4, 0.5) is 0 Å². The molecule has 0 aliphatic carbocycles. The average Bonchev–Trinajstić information content (AvgIpc) is 2.66. The zero-order chi connectivity index (χ0) is 18.8. The topological polar surface area (TPSA) is 60.4 Å². The number of ether oxygens (including phenoxy) is 1. The van der Waals surface area contributed by atoms with E-state index in [1.807, 2.05) is 6.07 Å². The van der Waals surface area contributed by atoms with E-state index in [-0.39, 0.29) is 36.4 Å². The predicted octanol–water partition coefficient (Wildman–Crippen LogP) is 1.10. The van der Waals surface area contributed by atoms with Gasteiger partial charge in [0.1, 0.15) is 6.54 Å². The zero-order valence-electron chi connectivity index (χ0n) is 16.6. The Morgan fingerprint density at radius 1 is 1.19 bits per heavy atom. The van der Waals surface area contributed by atoms with Crippen molar-refractivity contribution in [1.82, 2.24) is 20.0 Å². The van der Waals surface area contributed by atoms with Crippen LogP contribution in [0.1, 0.15) is 5.56 Å². The maximum Gasteiger partial charge on any atom is 0.243 e. The van der Waals surface area contributed by atoms with Crippen LogP contribution in [-0.2, 0) is 16.1 Å². The van der Waals surface area contributed by atoms with Crippen molar-refractivity contribution in [3.63, 3.8) is 0 Å². The molecule has 0 bridgehead atoms. The molecule has 8 heteroatoms. The smallest absolute Gasteiger partial charge is 0.243 e. The molecule has 1 aliphatic heterocycles. The number of nitrogens with one attached hydrogen (secondary N) is 1. The molecule has 1 heterocycles. The molecule has 7 nitrogen and oxygen atoms in total. The van der Waals surface area contributed by atoms with E-state index in [2.05, 4.69) is 44.4 Å². The molecular weight excluding hydrogens is 457 g/mol. The lowest BCUT2D eigenvalue weighted by atomic mass is 10.2. The number of carbonyl (C=O) groups is 1. The minimum Gasteiger partial charge on any atom is -0.383 e. The van der Waals surface area contributed by atoms with E-state index in [1.165, 1.54) is 5.56 Å². The first-order chi connectivity index (χ1) is 12.6. The number of likely N-dealkylation sites (N-methyl/N-ethyl adjacent to an activating group) is 1. The number of halogens is 1. The van der Waals surface area contributed by atoms with Gasteiger partial charge < -0.3 is 19.9 Å². The number of amides is 1. The summed E-state index contributed by atoms with van der Waals surface area (Å²) < 4.78 is 5.11. The summed E-state index contributed by atoms with van der Waals surface area (Å²) in [5.41, 5.74) is 1.34. The van der Waals surface area contributed by atoms with E-state index < -0.39 is 0 Å². The molecule has 0 atom stereocenters. The molecular formula is C19H32IN5O2. The number of nitrogens with zero attached hydrogens (tertiary/aromatic N) is 4. The van der Waals surface area contributed by atoms with Gasteiger partial charge in [0.2, 0.25) is 5.91 Å². The third-order valence-corrected chi connectivity index (χ3v) is 4.37. The quantitative estimate of drug-likeness (QED) is 0.269. The minimum absolute atomic E-state index is 0. The van der Waals surface area contributed by atoms with Gasteiger partial charge in [0, 0.05) is 60.5 Å². The molecule has 27 heavy (non-hydrogen) atoms. The Kier molecular flexibility index (Phi) is 11.3. The van der Waals surface area contributed by atoms with E-state index >= 15 is 0 Å². The van der Waals surface area contributed by atoms with Crippen LogP contribution in [0.3, 0.4) is 0 Å². The van der Waals surface area contributed by atoms with Gasteiger partial charge >= 0.3 is 0 Å². The summed E-state index contributed by atoms with van der Waals surface area (Å²) >= 11 is 0. The maximum atomic E-state index is 11.9. The zero-order valence-corrected chi connectivity index (χ0v) is 18.9. The molecule has 0 spiro atoms. The maximum absolute atomic E-state index is 11.9. The standard InChI is InChI=1S/C19H31N5O2.HI/c1-22(2)18(25)15-21-19(20-9-14-26-3)24-12-10-23(11-13-24)16-17-7-5-4-6-8-17;/h4-8H,9-16H2,1-3H3,(H,20,21);1H. The van der Waals surface area contributed by atoms with Crippen LogP contribution < -0.4 is 5.32 Å². The van der Waals surface area contributed by atoms with Gasteiger partial charge in [-0.15, -0.1) is 24.0 Å². The van der Waals surface area contributed by atoms with Crippen LogP contribution in [0.15, 0.2) is 35.3 Å². The van der Waals surface area contributed by atoms with Crippen LogP contribution in [0.2, 0.25) is 0 Å². The number of guanidine groups is 1. The SMILES string of the molecule is COCCNC(=NCC(=O)N(C)C)N1CCN(Cc2ccccc2)CC1.I. The highest BCUT2D eigenvalue weighted by molar-refractivity contribution is 14.0. The predicted molar refractivity (Wildman–Crippen MR) is 120 cm³/mol. The Balaban J connectivity index is 0.00000364. The first kappa shape index (κ1) is 23.6. The molecule has 1 saturated heterocycles. The summed E-state index contributed by atoms with van der Waals surface area (Å²) in [5, 5.41) is 3.31. The molecule has 0 unspecified atom stereocenters. The molecule has 1 fully saturated rings. The van der Waals surface area contributed by atoms with E-state index in [9.17, 15) is 4.79 Å². The summed E-state index contributed by atoms with van der Waals surface area (Å²) in [5.74, 6) is 0.787. The third kappa shape index (κ3) is 8.44. The molecule has 152 valence electrons. The molecule has 1 N–H and O–H groups in total. The molecule has 1 aliphatic rings. The Hall–Kier alpha value is -1.39. The minimum atomic E-state index is -0.00115. The van der Waals surface area contributed by atoms with E-state index in [0.29, 0.717) is 13.2 Å². The van der Waals surface area contributed by atoms with Gasteiger partial charge in [0.15, 0.2) is 5.96 Å². The molecule has 0 radical (unpaired) electrons. The van der Waals surface area contributed by atoms with Crippen molar-refractivity contribution in [1.29, 1.82) is 0 Å². The van der Waals surface area contributed by atoms with Gasteiger partial charge in [0.05, 0.1) is 6.61 Å². The number of hydrogen-bond acceptors (Lipinski definition) is 4. The second-order valence-corrected chi connectivity index (χ2v) is 6.60. The highest BCUT2D eigenvalue weighted by Gasteiger charge is 2.20. The largest absolute Gasteiger partial charge is 0.383 e. The van der Waals surface area contributed by atoms with Crippen molar-refractivity contribution in [2.75, 3.05) is 67.1 Å². The third-order valence-electron chi connectivity index (χ3n) is 4.37. The lowest BCUT2D eigenvalue weighted by Crippen LogP contribution is -2.52. The number of piperazine rings is 1. The summed E-state index contributed by atoms with van der Waals surface area (Å²) in [6.07, 6.45) is 0. The Morgan fingerprint density at radius 3 is 2.44 bits per heavy atom. The van der Waals surface area contributed by atoms with Crippen LogP contribution in [0, 0.1) is 0 Å². The highest BCUT2D eigenvalue weighted by atomic mass is 127. The van der Waals surface area contributed by atoms with Crippen LogP contribution in [0.5, 0.6) is 0 Å². The van der Waals surface area contributed by atoms with E-state index in [1.54, 1.807) is 26.1 Å². The fourth-order valence-electron chi connectivity index (χ4n) is 2.78. The van der Waals surface area contributed by atoms with Crippen LogP contribution >= 0.6 is 24.0 Å². The summed E-state index contributed by atoms with van der Waals surface area (Å²) in [6.45, 7) is 6.14. The summed E-state index contributed by atoms with van der Waals surface area (Å²) in [4.78, 5) is 22.6. The van der Waals surface area contributed by atoms with Crippen molar-refractivity contribution < 1.29 is 9.53 Å². The van der Waals surface area contributed by atoms with Crippen LogP contribution in [-0.4, -0.2) is 93.6 Å². The van der Waals surface area contributed by atoms with Crippen molar-refractivity contribution in [3.05, 3.63) is 35.9 Å². The van der Waals surface area contributed by atoms with Gasteiger partial charge in [-0.25, -0.2) is 4.99 Å². The number of rotatable bonds is 7. The number of carbonyl (C=O) groups excluding carboxylic acids is 1. The van der Waals surface area contributed by atoms with E-state index in [4.69, 9.17) is 4.74 Å². The molecule has 2 rings (SSSR count). The van der Waals surface area contributed by atoms with E-state index in [0.717, 1.165) is 38.7 Å². The Labute approximate surface area is 179 Å². The first-order valence-electron chi connectivity index (χ1n) is 9.09. The fourth-order valence-corrected chi connectivity index (χ4v) is 2.78. The lowest BCUT2D eigenvalue weighted by Gasteiger charge is -2.36. The molecule has 1 aromatic rings. The van der Waals surface area contributed by atoms with Gasteiger partial charge in [-0.2, -0.15) is 0 Å². The van der Waals surface area contributed by atoms with Crippen molar-refractivity contribution in [2.45, 2.75) is 6.54 Å². The van der Waals surface area contributed by atoms with Crippen LogP contribution in [0.25, 0.3) is 0 Å². The summed E-state index contributed by atoms with van der Waals surface area (Å²) in [6, 6.07) is 10.5. The first-order valence-corrected chi connectivity index (χ1v) is 9.09.